The van der Waals surface area contributed by atoms with E-state index in [-0.39, 0.29) is 5.82 Å². The fourth-order valence-corrected chi connectivity index (χ4v) is 2.14. The largest absolute Gasteiger partial charge is 0.357 e. The minimum atomic E-state index is -0.189. The number of nitrogens with one attached hydrogen (secondary N) is 2. The summed E-state index contributed by atoms with van der Waals surface area (Å²) in [6.45, 7) is 4.54. The first-order valence-electron chi connectivity index (χ1n) is 7.01. The number of hydrogen-bond acceptors (Lipinski definition) is 2. The van der Waals surface area contributed by atoms with Crippen molar-refractivity contribution in [3.8, 4) is 0 Å². The van der Waals surface area contributed by atoms with Gasteiger partial charge in [0.1, 0.15) is 5.82 Å². The molecule has 0 bridgehead atoms. The molecule has 2 N–H and O–H groups in total. The second-order valence-corrected chi connectivity index (χ2v) is 5.40. The Balaban J connectivity index is 2.32. The summed E-state index contributed by atoms with van der Waals surface area (Å²) in [7, 11) is 0. The zero-order chi connectivity index (χ0) is 14.6. The molecule has 0 radical (unpaired) electrons. The highest BCUT2D eigenvalue weighted by atomic mass is 32.2. The maximum absolute atomic E-state index is 12.8. The first kappa shape index (κ1) is 16.8. The number of benzene rings is 1. The van der Waals surface area contributed by atoms with Gasteiger partial charge in [0.05, 0.1) is 0 Å². The van der Waals surface area contributed by atoms with E-state index >= 15 is 0 Å². The Morgan fingerprint density at radius 1 is 1.25 bits per heavy atom. The van der Waals surface area contributed by atoms with Gasteiger partial charge in [-0.15, -0.1) is 0 Å². The Kier molecular flexibility index (Phi) is 8.87. The van der Waals surface area contributed by atoms with Crippen LogP contribution in [0.25, 0.3) is 0 Å². The van der Waals surface area contributed by atoms with E-state index in [0.29, 0.717) is 0 Å². The van der Waals surface area contributed by atoms with Crippen molar-refractivity contribution < 1.29 is 4.39 Å². The summed E-state index contributed by atoms with van der Waals surface area (Å²) in [5.41, 5.74) is 1.12. The van der Waals surface area contributed by atoms with E-state index < -0.39 is 0 Å². The molecule has 3 nitrogen and oxygen atoms in total. The van der Waals surface area contributed by atoms with Crippen LogP contribution in [0.4, 0.5) is 4.39 Å². The fourth-order valence-electron chi connectivity index (χ4n) is 1.72. The van der Waals surface area contributed by atoms with Gasteiger partial charge in [0, 0.05) is 19.6 Å². The van der Waals surface area contributed by atoms with Crippen LogP contribution in [-0.2, 0) is 6.42 Å². The third-order valence-corrected chi connectivity index (χ3v) is 3.44. The van der Waals surface area contributed by atoms with Gasteiger partial charge in [-0.1, -0.05) is 12.1 Å². The number of nitrogens with zero attached hydrogens (tertiary/aromatic N) is 1. The molecule has 0 aromatic heterocycles. The third-order valence-electron chi connectivity index (χ3n) is 2.74. The molecule has 0 aliphatic heterocycles. The fraction of sp³-hybridized carbons (Fsp3) is 0.533. The smallest absolute Gasteiger partial charge is 0.191 e. The zero-order valence-corrected chi connectivity index (χ0v) is 13.1. The van der Waals surface area contributed by atoms with E-state index in [1.165, 1.54) is 12.1 Å². The van der Waals surface area contributed by atoms with Crippen LogP contribution in [0.5, 0.6) is 0 Å². The van der Waals surface area contributed by atoms with Crippen molar-refractivity contribution in [2.75, 3.05) is 31.6 Å². The predicted octanol–water partition coefficient (Wildman–Crippen LogP) is 2.68. The maximum Gasteiger partial charge on any atom is 0.191 e. The van der Waals surface area contributed by atoms with Crippen LogP contribution in [-0.4, -0.2) is 37.6 Å². The monoisotopic (exact) mass is 297 g/mol. The molecule has 0 unspecified atom stereocenters. The predicted molar refractivity (Wildman–Crippen MR) is 87.1 cm³/mol. The summed E-state index contributed by atoms with van der Waals surface area (Å²) < 4.78 is 12.8. The Hall–Kier alpha value is -1.23. The van der Waals surface area contributed by atoms with Crippen molar-refractivity contribution in [2.45, 2.75) is 19.8 Å². The number of halogens is 1. The van der Waals surface area contributed by atoms with Crippen LogP contribution in [0.1, 0.15) is 18.9 Å². The molecular formula is C15H24FN3S. The third kappa shape index (κ3) is 7.38. The van der Waals surface area contributed by atoms with E-state index in [9.17, 15) is 4.39 Å². The first-order valence-corrected chi connectivity index (χ1v) is 8.41. The van der Waals surface area contributed by atoms with Gasteiger partial charge in [-0.2, -0.15) is 11.8 Å². The number of rotatable bonds is 8. The van der Waals surface area contributed by atoms with Gasteiger partial charge in [-0.25, -0.2) is 4.39 Å². The van der Waals surface area contributed by atoms with Gasteiger partial charge in [0.15, 0.2) is 5.96 Å². The lowest BCUT2D eigenvalue weighted by Crippen LogP contribution is -2.38. The van der Waals surface area contributed by atoms with E-state index in [1.54, 1.807) is 0 Å². The van der Waals surface area contributed by atoms with Crippen molar-refractivity contribution in [3.63, 3.8) is 0 Å². The SMILES string of the molecule is CCNC(=NCCCSC)NCCc1ccc(F)cc1. The lowest BCUT2D eigenvalue weighted by molar-refractivity contribution is 0.626. The van der Waals surface area contributed by atoms with Crippen molar-refractivity contribution in [2.24, 2.45) is 4.99 Å². The van der Waals surface area contributed by atoms with Gasteiger partial charge >= 0.3 is 0 Å². The molecule has 0 amide bonds. The second kappa shape index (κ2) is 10.5. The first-order chi connectivity index (χ1) is 9.76. The average Bonchev–Trinajstić information content (AvgIpc) is 2.45. The van der Waals surface area contributed by atoms with Crippen LogP contribution in [0.15, 0.2) is 29.3 Å². The zero-order valence-electron chi connectivity index (χ0n) is 12.3. The summed E-state index contributed by atoms with van der Waals surface area (Å²) in [6, 6.07) is 6.63. The molecule has 1 aromatic rings. The minimum Gasteiger partial charge on any atom is -0.357 e. The number of hydrogen-bond donors (Lipinski definition) is 2. The molecule has 5 heteroatoms. The summed E-state index contributed by atoms with van der Waals surface area (Å²) in [5, 5.41) is 6.53. The summed E-state index contributed by atoms with van der Waals surface area (Å²) in [4.78, 5) is 4.52. The molecular weight excluding hydrogens is 273 g/mol. The van der Waals surface area contributed by atoms with E-state index in [2.05, 4.69) is 28.8 Å². The molecule has 1 aromatic carbocycles. The van der Waals surface area contributed by atoms with Gasteiger partial charge in [-0.05, 0) is 49.5 Å². The summed E-state index contributed by atoms with van der Waals surface area (Å²) in [6.07, 6.45) is 4.06. The highest BCUT2D eigenvalue weighted by Crippen LogP contribution is 2.02. The Morgan fingerprint density at radius 3 is 2.65 bits per heavy atom. The average molecular weight is 297 g/mol. The molecule has 1 rings (SSSR count). The molecule has 20 heavy (non-hydrogen) atoms. The molecule has 0 spiro atoms. The lowest BCUT2D eigenvalue weighted by Gasteiger charge is -2.11. The molecule has 0 aliphatic carbocycles. The topological polar surface area (TPSA) is 36.4 Å². The minimum absolute atomic E-state index is 0.189. The highest BCUT2D eigenvalue weighted by Gasteiger charge is 1.98. The van der Waals surface area contributed by atoms with Crippen LogP contribution in [0, 0.1) is 5.82 Å². The highest BCUT2D eigenvalue weighted by molar-refractivity contribution is 7.98. The normalized spacial score (nSPS) is 11.4. The molecule has 0 saturated heterocycles. The van der Waals surface area contributed by atoms with Crippen LogP contribution >= 0.6 is 11.8 Å². The Morgan fingerprint density at radius 2 is 2.00 bits per heavy atom. The van der Waals surface area contributed by atoms with Crippen molar-refractivity contribution in [3.05, 3.63) is 35.6 Å². The van der Waals surface area contributed by atoms with Crippen LogP contribution in [0.3, 0.4) is 0 Å². The van der Waals surface area contributed by atoms with E-state index in [1.807, 2.05) is 23.9 Å². The maximum atomic E-state index is 12.8. The standard InChI is InChI=1S/C15H24FN3S/c1-3-17-15(18-10-4-12-20-2)19-11-9-13-5-7-14(16)8-6-13/h5-8H,3-4,9-12H2,1-2H3,(H2,17,18,19). The number of thioether (sulfide) groups is 1. The quantitative estimate of drug-likeness (QED) is 0.440. The van der Waals surface area contributed by atoms with Crippen molar-refractivity contribution in [1.82, 2.24) is 10.6 Å². The summed E-state index contributed by atoms with van der Waals surface area (Å²) >= 11 is 1.84. The van der Waals surface area contributed by atoms with Crippen LogP contribution in [0.2, 0.25) is 0 Å². The molecule has 0 heterocycles. The summed E-state index contributed by atoms with van der Waals surface area (Å²) in [5.74, 6) is 1.81. The van der Waals surface area contributed by atoms with Gasteiger partial charge in [0.25, 0.3) is 0 Å². The molecule has 0 atom stereocenters. The molecule has 0 aliphatic rings. The number of guanidine groups is 1. The Labute approximate surface area is 125 Å². The molecule has 0 fully saturated rings. The second-order valence-electron chi connectivity index (χ2n) is 4.41. The van der Waals surface area contributed by atoms with E-state index in [0.717, 1.165) is 49.8 Å². The van der Waals surface area contributed by atoms with Crippen molar-refractivity contribution >= 4 is 17.7 Å². The van der Waals surface area contributed by atoms with E-state index in [4.69, 9.17) is 0 Å². The Bertz CT molecular complexity index is 393. The van der Waals surface area contributed by atoms with Gasteiger partial charge in [0.2, 0.25) is 0 Å². The van der Waals surface area contributed by atoms with Crippen molar-refractivity contribution in [1.29, 1.82) is 0 Å². The van der Waals surface area contributed by atoms with Crippen LogP contribution < -0.4 is 10.6 Å². The molecule has 112 valence electrons. The lowest BCUT2D eigenvalue weighted by atomic mass is 10.1. The van der Waals surface area contributed by atoms with Gasteiger partial charge < -0.3 is 10.6 Å². The molecule has 0 saturated carbocycles. The van der Waals surface area contributed by atoms with Gasteiger partial charge in [-0.3, -0.25) is 4.99 Å². The number of aliphatic imine (C=N–C) groups is 1.